The maximum Gasteiger partial charge on any atom is 0.252 e. The highest BCUT2D eigenvalue weighted by atomic mass is 127. The molecule has 0 spiro atoms. The molecular weight excluding hydrogens is 265 g/mol. The van der Waals surface area contributed by atoms with Crippen LogP contribution in [0.25, 0.3) is 10.9 Å². The van der Waals surface area contributed by atoms with Crippen LogP contribution in [0.15, 0.2) is 36.4 Å². The standard InChI is InChI=1S/C9H6INO/c10-9-6-5-7-3-1-2-4-8(7)11(9)12/h1-6H. The summed E-state index contributed by atoms with van der Waals surface area (Å²) in [6.45, 7) is 0. The van der Waals surface area contributed by atoms with Crippen LogP contribution in [0.3, 0.4) is 0 Å². The number of hydrogen-bond acceptors (Lipinski definition) is 1. The fourth-order valence-electron chi connectivity index (χ4n) is 1.15. The highest BCUT2D eigenvalue weighted by Gasteiger charge is 2.04. The molecule has 2 aromatic rings. The maximum atomic E-state index is 11.4. The first-order chi connectivity index (χ1) is 5.79. The molecule has 0 saturated heterocycles. The average Bonchev–Trinajstić information content (AvgIpc) is 2.12. The molecule has 2 nitrogen and oxygen atoms in total. The van der Waals surface area contributed by atoms with Gasteiger partial charge in [-0.15, -0.1) is 0 Å². The van der Waals surface area contributed by atoms with Crippen molar-refractivity contribution in [2.45, 2.75) is 0 Å². The first-order valence-corrected chi connectivity index (χ1v) is 4.64. The second-order valence-electron chi connectivity index (χ2n) is 2.51. The molecular formula is C9H6INO. The Kier molecular flexibility index (Phi) is 1.88. The van der Waals surface area contributed by atoms with Crippen molar-refractivity contribution in [2.75, 3.05) is 0 Å². The van der Waals surface area contributed by atoms with E-state index in [1.165, 1.54) is 0 Å². The number of para-hydroxylation sites is 1. The minimum Gasteiger partial charge on any atom is -0.618 e. The van der Waals surface area contributed by atoms with E-state index in [1.54, 1.807) is 0 Å². The zero-order chi connectivity index (χ0) is 8.55. The highest BCUT2D eigenvalue weighted by Crippen LogP contribution is 2.10. The van der Waals surface area contributed by atoms with Gasteiger partial charge in [-0.2, -0.15) is 4.73 Å². The summed E-state index contributed by atoms with van der Waals surface area (Å²) in [6.07, 6.45) is 0. The molecule has 0 bridgehead atoms. The SMILES string of the molecule is [O-][n+]1c(I)ccc2ccccc21. The average molecular weight is 271 g/mol. The van der Waals surface area contributed by atoms with Crippen LogP contribution >= 0.6 is 22.6 Å². The number of aromatic nitrogens is 1. The summed E-state index contributed by atoms with van der Waals surface area (Å²) < 4.78 is 1.64. The molecule has 0 atom stereocenters. The molecule has 1 heterocycles. The third kappa shape index (κ3) is 1.14. The molecule has 0 aliphatic rings. The summed E-state index contributed by atoms with van der Waals surface area (Å²) in [5, 5.41) is 12.4. The van der Waals surface area contributed by atoms with Gasteiger partial charge in [0.05, 0.1) is 0 Å². The molecule has 12 heavy (non-hydrogen) atoms. The van der Waals surface area contributed by atoms with Crippen LogP contribution in [0.2, 0.25) is 0 Å². The molecule has 3 heteroatoms. The Labute approximate surface area is 83.6 Å². The summed E-state index contributed by atoms with van der Waals surface area (Å²) in [5.74, 6) is 0. The van der Waals surface area contributed by atoms with Crippen molar-refractivity contribution in [2.24, 2.45) is 0 Å². The van der Waals surface area contributed by atoms with Crippen LogP contribution in [0.1, 0.15) is 0 Å². The number of halogens is 1. The molecule has 1 aromatic carbocycles. The Hall–Kier alpha value is -0.840. The Morgan fingerprint density at radius 1 is 1.08 bits per heavy atom. The quantitative estimate of drug-likeness (QED) is 0.312. The normalized spacial score (nSPS) is 10.4. The van der Waals surface area contributed by atoms with Crippen LogP contribution in [-0.4, -0.2) is 0 Å². The summed E-state index contributed by atoms with van der Waals surface area (Å²) >= 11 is 2.02. The summed E-state index contributed by atoms with van der Waals surface area (Å²) in [5.41, 5.74) is 0.726. The van der Waals surface area contributed by atoms with E-state index >= 15 is 0 Å². The van der Waals surface area contributed by atoms with Crippen molar-refractivity contribution in [3.63, 3.8) is 0 Å². The summed E-state index contributed by atoms with van der Waals surface area (Å²) in [6, 6.07) is 11.3. The lowest BCUT2D eigenvalue weighted by atomic mass is 10.2. The molecule has 0 aliphatic heterocycles. The number of fused-ring (bicyclic) bond motifs is 1. The molecule has 2 rings (SSSR count). The monoisotopic (exact) mass is 271 g/mol. The molecule has 60 valence electrons. The van der Waals surface area contributed by atoms with Crippen molar-refractivity contribution < 1.29 is 4.73 Å². The van der Waals surface area contributed by atoms with Crippen LogP contribution < -0.4 is 4.73 Å². The smallest absolute Gasteiger partial charge is 0.252 e. The van der Waals surface area contributed by atoms with Gasteiger partial charge in [-0.1, -0.05) is 12.1 Å². The minimum atomic E-state index is 0.700. The van der Waals surface area contributed by atoms with Crippen LogP contribution in [0.5, 0.6) is 0 Å². The van der Waals surface area contributed by atoms with Crippen LogP contribution in [0.4, 0.5) is 0 Å². The second kappa shape index (κ2) is 2.90. The third-order valence-electron chi connectivity index (χ3n) is 1.75. The van der Waals surface area contributed by atoms with Crippen LogP contribution in [-0.2, 0) is 0 Å². The van der Waals surface area contributed by atoms with Crippen LogP contribution in [0, 0.1) is 8.91 Å². The van der Waals surface area contributed by atoms with Gasteiger partial charge in [0.1, 0.15) is 0 Å². The first-order valence-electron chi connectivity index (χ1n) is 3.56. The number of nitrogens with zero attached hydrogens (tertiary/aromatic N) is 1. The van der Waals surface area contributed by atoms with E-state index in [0.717, 1.165) is 15.6 Å². The lowest BCUT2D eigenvalue weighted by molar-refractivity contribution is -0.591. The Morgan fingerprint density at radius 3 is 2.67 bits per heavy atom. The lowest BCUT2D eigenvalue weighted by Gasteiger charge is -2.01. The number of benzene rings is 1. The zero-order valence-corrected chi connectivity index (χ0v) is 8.36. The Balaban J connectivity index is 2.91. The van der Waals surface area contributed by atoms with E-state index in [0.29, 0.717) is 3.70 Å². The molecule has 0 fully saturated rings. The lowest BCUT2D eigenvalue weighted by Crippen LogP contribution is -2.30. The van der Waals surface area contributed by atoms with E-state index < -0.39 is 0 Å². The van der Waals surface area contributed by atoms with E-state index in [2.05, 4.69) is 0 Å². The number of rotatable bonds is 0. The van der Waals surface area contributed by atoms with Crippen molar-refractivity contribution in [3.8, 4) is 0 Å². The Morgan fingerprint density at radius 2 is 1.83 bits per heavy atom. The van der Waals surface area contributed by atoms with E-state index in [4.69, 9.17) is 0 Å². The summed E-state index contributed by atoms with van der Waals surface area (Å²) in [7, 11) is 0. The molecule has 0 saturated carbocycles. The van der Waals surface area contributed by atoms with Crippen molar-refractivity contribution in [3.05, 3.63) is 45.3 Å². The fraction of sp³-hybridized carbons (Fsp3) is 0. The van der Waals surface area contributed by atoms with Gasteiger partial charge < -0.3 is 5.21 Å². The maximum absolute atomic E-state index is 11.4. The fourth-order valence-corrected chi connectivity index (χ4v) is 1.59. The van der Waals surface area contributed by atoms with Crippen molar-refractivity contribution in [1.29, 1.82) is 0 Å². The summed E-state index contributed by atoms with van der Waals surface area (Å²) in [4.78, 5) is 0. The zero-order valence-electron chi connectivity index (χ0n) is 6.20. The van der Waals surface area contributed by atoms with Crippen molar-refractivity contribution in [1.82, 2.24) is 0 Å². The number of pyridine rings is 1. The van der Waals surface area contributed by atoms with Gasteiger partial charge in [-0.05, 0) is 12.1 Å². The molecule has 0 aliphatic carbocycles. The molecule has 0 radical (unpaired) electrons. The topological polar surface area (TPSA) is 26.9 Å². The van der Waals surface area contributed by atoms with E-state index in [1.807, 2.05) is 59.0 Å². The van der Waals surface area contributed by atoms with Gasteiger partial charge in [-0.3, -0.25) is 0 Å². The minimum absolute atomic E-state index is 0.700. The van der Waals surface area contributed by atoms with Gasteiger partial charge in [0, 0.05) is 40.1 Å². The van der Waals surface area contributed by atoms with Gasteiger partial charge >= 0.3 is 0 Å². The predicted molar refractivity (Wildman–Crippen MR) is 55.6 cm³/mol. The molecule has 0 amide bonds. The largest absolute Gasteiger partial charge is 0.618 e. The molecule has 0 unspecified atom stereocenters. The van der Waals surface area contributed by atoms with Gasteiger partial charge in [0.25, 0.3) is 3.70 Å². The first kappa shape index (κ1) is 7.79. The molecule has 1 aromatic heterocycles. The molecule has 0 N–H and O–H groups in total. The predicted octanol–water partition coefficient (Wildman–Crippen LogP) is 2.08. The van der Waals surface area contributed by atoms with E-state index in [9.17, 15) is 5.21 Å². The second-order valence-corrected chi connectivity index (χ2v) is 3.61. The van der Waals surface area contributed by atoms with Crippen molar-refractivity contribution >= 4 is 33.5 Å². The number of hydrogen-bond donors (Lipinski definition) is 0. The third-order valence-corrected chi connectivity index (χ3v) is 2.55. The Bertz CT molecular complexity index is 428. The van der Waals surface area contributed by atoms with Gasteiger partial charge in [-0.25, -0.2) is 0 Å². The van der Waals surface area contributed by atoms with Gasteiger partial charge in [0.2, 0.25) is 5.52 Å². The van der Waals surface area contributed by atoms with Gasteiger partial charge in [0.15, 0.2) is 0 Å². The highest BCUT2D eigenvalue weighted by molar-refractivity contribution is 14.1. The van der Waals surface area contributed by atoms with E-state index in [-0.39, 0.29) is 0 Å².